The molecule has 1 aromatic carbocycles. The molecule has 2 heterocycles. The van der Waals surface area contributed by atoms with E-state index in [1.54, 1.807) is 6.20 Å². The number of carbonyl (C=O) groups is 1. The van der Waals surface area contributed by atoms with Crippen LogP contribution in [0.25, 0.3) is 16.7 Å². The Morgan fingerprint density at radius 1 is 1.20 bits per heavy atom. The Labute approximate surface area is 116 Å². The summed E-state index contributed by atoms with van der Waals surface area (Å²) in [5.41, 5.74) is 3.49. The highest BCUT2D eigenvalue weighted by Gasteiger charge is 2.29. The summed E-state index contributed by atoms with van der Waals surface area (Å²) in [4.78, 5) is 15.4. The number of nitrogens with zero attached hydrogens (tertiary/aromatic N) is 3. The van der Waals surface area contributed by atoms with Crippen molar-refractivity contribution in [1.82, 2.24) is 14.8 Å². The number of aromatic nitrogens is 3. The molecule has 1 aliphatic carbocycles. The van der Waals surface area contributed by atoms with E-state index >= 15 is 0 Å². The summed E-state index contributed by atoms with van der Waals surface area (Å²) in [5, 5.41) is 5.74. The summed E-state index contributed by atoms with van der Waals surface area (Å²) in [7, 11) is 0. The zero-order chi connectivity index (χ0) is 13.5. The van der Waals surface area contributed by atoms with E-state index in [1.807, 2.05) is 41.1 Å². The zero-order valence-corrected chi connectivity index (χ0v) is 10.9. The maximum atomic E-state index is 11.0. The molecule has 0 spiro atoms. The lowest BCUT2D eigenvalue weighted by Gasteiger charge is -2.01. The third-order valence-electron chi connectivity index (χ3n) is 3.67. The zero-order valence-electron chi connectivity index (χ0n) is 10.9. The van der Waals surface area contributed by atoms with Crippen LogP contribution in [0.4, 0.5) is 0 Å². The number of carbonyl (C=O) groups excluding carboxylic acids is 1. The molecule has 0 unspecified atom stereocenters. The molecule has 0 aliphatic heterocycles. The van der Waals surface area contributed by atoms with Crippen molar-refractivity contribution in [3.8, 4) is 5.69 Å². The molecule has 4 rings (SSSR count). The van der Waals surface area contributed by atoms with Crippen LogP contribution < -0.4 is 0 Å². The first kappa shape index (κ1) is 11.3. The number of pyridine rings is 1. The van der Waals surface area contributed by atoms with Gasteiger partial charge < -0.3 is 0 Å². The van der Waals surface area contributed by atoms with E-state index in [9.17, 15) is 4.79 Å². The number of fused-ring (bicyclic) bond motifs is 1. The van der Waals surface area contributed by atoms with Gasteiger partial charge in [-0.05, 0) is 31.0 Å². The Bertz CT molecular complexity index is 788. The van der Waals surface area contributed by atoms with Gasteiger partial charge in [0.1, 0.15) is 0 Å². The van der Waals surface area contributed by atoms with Gasteiger partial charge in [-0.3, -0.25) is 4.79 Å². The number of aldehydes is 1. The minimum absolute atomic E-state index is 0.520. The van der Waals surface area contributed by atoms with E-state index in [-0.39, 0.29) is 0 Å². The third-order valence-corrected chi connectivity index (χ3v) is 3.67. The first-order valence-electron chi connectivity index (χ1n) is 6.76. The molecule has 3 aromatic rings. The number of hydrogen-bond acceptors (Lipinski definition) is 3. The quantitative estimate of drug-likeness (QED) is 0.682. The van der Waals surface area contributed by atoms with Gasteiger partial charge in [0.2, 0.25) is 0 Å². The number of para-hydroxylation sites is 1. The van der Waals surface area contributed by atoms with E-state index < -0.39 is 0 Å². The van der Waals surface area contributed by atoms with Gasteiger partial charge in [-0.15, -0.1) is 0 Å². The fraction of sp³-hybridized carbons (Fsp3) is 0.188. The molecule has 4 heteroatoms. The highest BCUT2D eigenvalue weighted by molar-refractivity contribution is 5.87. The van der Waals surface area contributed by atoms with Crippen LogP contribution in [0, 0.1) is 0 Å². The number of hydrogen-bond donors (Lipinski definition) is 0. The first-order chi connectivity index (χ1) is 9.86. The Hall–Kier alpha value is -2.49. The van der Waals surface area contributed by atoms with Crippen LogP contribution in [0.15, 0.2) is 42.6 Å². The Kier molecular flexibility index (Phi) is 2.42. The first-order valence-corrected chi connectivity index (χ1v) is 6.76. The van der Waals surface area contributed by atoms with Gasteiger partial charge in [0, 0.05) is 23.1 Å². The fourth-order valence-electron chi connectivity index (χ4n) is 2.51. The summed E-state index contributed by atoms with van der Waals surface area (Å²) in [6.45, 7) is 0. The molecule has 0 N–H and O–H groups in total. The predicted molar refractivity (Wildman–Crippen MR) is 76.2 cm³/mol. The van der Waals surface area contributed by atoms with Crippen molar-refractivity contribution in [1.29, 1.82) is 0 Å². The lowest BCUT2D eigenvalue weighted by atomic mass is 10.1. The van der Waals surface area contributed by atoms with Gasteiger partial charge >= 0.3 is 0 Å². The molecular weight excluding hydrogens is 250 g/mol. The SMILES string of the molecule is O=Cc1cnc2c(c1)c(C1CC1)nn2-c1ccccc1. The smallest absolute Gasteiger partial charge is 0.163 e. The third kappa shape index (κ3) is 1.72. The molecule has 1 fully saturated rings. The van der Waals surface area contributed by atoms with Crippen LogP contribution in [0.3, 0.4) is 0 Å². The summed E-state index contributed by atoms with van der Waals surface area (Å²) in [5.74, 6) is 0.520. The van der Waals surface area contributed by atoms with Crippen LogP contribution in [0.1, 0.15) is 34.8 Å². The van der Waals surface area contributed by atoms with Crippen molar-refractivity contribution in [2.75, 3.05) is 0 Å². The molecule has 0 bridgehead atoms. The van der Waals surface area contributed by atoms with E-state index in [2.05, 4.69) is 4.98 Å². The standard InChI is InChI=1S/C16H13N3O/c20-10-11-8-14-15(12-6-7-12)18-19(16(14)17-9-11)13-4-2-1-3-5-13/h1-5,8-10,12H,6-7H2. The van der Waals surface area contributed by atoms with Crippen molar-refractivity contribution in [2.45, 2.75) is 18.8 Å². The monoisotopic (exact) mass is 263 g/mol. The van der Waals surface area contributed by atoms with Crippen LogP contribution in [-0.4, -0.2) is 21.1 Å². The maximum absolute atomic E-state index is 11.0. The average Bonchev–Trinajstić information content (AvgIpc) is 3.28. The molecule has 0 saturated heterocycles. The average molecular weight is 263 g/mol. The second-order valence-corrected chi connectivity index (χ2v) is 5.16. The lowest BCUT2D eigenvalue weighted by molar-refractivity contribution is 0.112. The van der Waals surface area contributed by atoms with Gasteiger partial charge in [-0.25, -0.2) is 9.67 Å². The second kappa shape index (κ2) is 4.27. The Morgan fingerprint density at radius 2 is 2.00 bits per heavy atom. The maximum Gasteiger partial charge on any atom is 0.163 e. The molecule has 1 aliphatic rings. The van der Waals surface area contributed by atoms with Crippen molar-refractivity contribution >= 4 is 17.3 Å². The largest absolute Gasteiger partial charge is 0.298 e. The molecule has 0 radical (unpaired) electrons. The van der Waals surface area contributed by atoms with Gasteiger partial charge in [0.25, 0.3) is 0 Å². The van der Waals surface area contributed by atoms with Crippen LogP contribution >= 0.6 is 0 Å². The lowest BCUT2D eigenvalue weighted by Crippen LogP contribution is -1.97. The topological polar surface area (TPSA) is 47.8 Å². The van der Waals surface area contributed by atoms with Gasteiger partial charge in [0.05, 0.1) is 11.4 Å². The Morgan fingerprint density at radius 3 is 2.70 bits per heavy atom. The highest BCUT2D eigenvalue weighted by Crippen LogP contribution is 2.42. The molecular formula is C16H13N3O. The predicted octanol–water partition coefficient (Wildman–Crippen LogP) is 3.11. The summed E-state index contributed by atoms with van der Waals surface area (Å²) in [6.07, 6.45) is 4.79. The summed E-state index contributed by atoms with van der Waals surface area (Å²) in [6, 6.07) is 11.9. The van der Waals surface area contributed by atoms with E-state index in [1.165, 1.54) is 12.8 Å². The molecule has 2 aromatic heterocycles. The minimum Gasteiger partial charge on any atom is -0.298 e. The summed E-state index contributed by atoms with van der Waals surface area (Å²) >= 11 is 0. The molecule has 0 amide bonds. The van der Waals surface area contributed by atoms with E-state index in [4.69, 9.17) is 5.10 Å². The molecule has 20 heavy (non-hydrogen) atoms. The second-order valence-electron chi connectivity index (χ2n) is 5.16. The van der Waals surface area contributed by atoms with Crippen molar-refractivity contribution in [3.63, 3.8) is 0 Å². The van der Waals surface area contributed by atoms with Gasteiger partial charge in [-0.2, -0.15) is 5.10 Å². The number of benzene rings is 1. The minimum atomic E-state index is 0.520. The van der Waals surface area contributed by atoms with Crippen molar-refractivity contribution in [3.05, 3.63) is 53.9 Å². The van der Waals surface area contributed by atoms with Gasteiger partial charge in [-0.1, -0.05) is 18.2 Å². The highest BCUT2D eigenvalue weighted by atomic mass is 16.1. The molecule has 1 saturated carbocycles. The molecule has 0 atom stereocenters. The summed E-state index contributed by atoms with van der Waals surface area (Å²) < 4.78 is 1.87. The normalized spacial score (nSPS) is 14.6. The molecule has 98 valence electrons. The fourth-order valence-corrected chi connectivity index (χ4v) is 2.51. The Balaban J connectivity index is 2.00. The van der Waals surface area contributed by atoms with Crippen LogP contribution in [-0.2, 0) is 0 Å². The number of rotatable bonds is 3. The van der Waals surface area contributed by atoms with Crippen molar-refractivity contribution in [2.24, 2.45) is 0 Å². The van der Waals surface area contributed by atoms with E-state index in [0.29, 0.717) is 11.5 Å². The van der Waals surface area contributed by atoms with Crippen LogP contribution in [0.5, 0.6) is 0 Å². The van der Waals surface area contributed by atoms with Crippen molar-refractivity contribution < 1.29 is 4.79 Å². The van der Waals surface area contributed by atoms with Gasteiger partial charge in [0.15, 0.2) is 11.9 Å². The van der Waals surface area contributed by atoms with E-state index in [0.717, 1.165) is 28.7 Å². The molecule has 4 nitrogen and oxygen atoms in total. The van der Waals surface area contributed by atoms with Crippen LogP contribution in [0.2, 0.25) is 0 Å².